The molecule has 2 atom stereocenters. The van der Waals surface area contributed by atoms with Crippen molar-refractivity contribution in [3.8, 4) is 0 Å². The molecule has 1 saturated carbocycles. The van der Waals surface area contributed by atoms with Crippen molar-refractivity contribution in [1.82, 2.24) is 15.3 Å². The van der Waals surface area contributed by atoms with Gasteiger partial charge in [-0.3, -0.25) is 9.78 Å². The molecule has 1 fully saturated rings. The topological polar surface area (TPSA) is 66.9 Å². The summed E-state index contributed by atoms with van der Waals surface area (Å²) in [6.07, 6.45) is -0.00427. The third kappa shape index (κ3) is 5.12. The van der Waals surface area contributed by atoms with Crippen molar-refractivity contribution in [3.05, 3.63) is 64.6 Å². The second kappa shape index (κ2) is 8.94. The number of nitrogens with one attached hydrogen (secondary N) is 2. The Kier molecular flexibility index (Phi) is 6.24. The number of nitrogens with zero attached hydrogens (tertiary/aromatic N) is 2. The minimum absolute atomic E-state index is 0.0890. The van der Waals surface area contributed by atoms with Crippen LogP contribution in [0.25, 0.3) is 10.9 Å². The summed E-state index contributed by atoms with van der Waals surface area (Å²) in [5.74, 6) is -0.205. The first kappa shape index (κ1) is 22.3. The van der Waals surface area contributed by atoms with Gasteiger partial charge in [-0.15, -0.1) is 0 Å². The molecule has 2 aromatic heterocycles. The van der Waals surface area contributed by atoms with Gasteiger partial charge < -0.3 is 10.6 Å². The molecule has 0 aliphatic heterocycles. The quantitative estimate of drug-likeness (QED) is 0.517. The molecule has 5 nitrogen and oxygen atoms in total. The molecule has 0 radical (unpaired) electrons. The standard InChI is InChI=1S/C23H22ClF3N4O/c1-13-5-6-14(12-28-13)22(32)30-17-4-2-3-16(10-17)29-20-11-21(23(25,26)27)31-19-8-7-15(24)9-18(19)20/h5-9,11-12,16-17H,2-4,10H2,1H3,(H,29,31)(H,30,32)/t16-,17+/m0/s1. The number of rotatable bonds is 4. The Morgan fingerprint density at radius 2 is 1.91 bits per heavy atom. The van der Waals surface area contributed by atoms with Crippen LogP contribution in [0.3, 0.4) is 0 Å². The second-order valence-electron chi connectivity index (χ2n) is 8.08. The first-order chi connectivity index (χ1) is 15.2. The van der Waals surface area contributed by atoms with E-state index in [4.69, 9.17) is 11.6 Å². The average molecular weight is 463 g/mol. The highest BCUT2D eigenvalue weighted by atomic mass is 35.5. The molecular formula is C23H22ClF3N4O. The van der Waals surface area contributed by atoms with Crippen molar-refractivity contribution in [2.75, 3.05) is 5.32 Å². The fourth-order valence-corrected chi connectivity index (χ4v) is 4.18. The zero-order valence-electron chi connectivity index (χ0n) is 17.3. The number of pyridine rings is 2. The summed E-state index contributed by atoms with van der Waals surface area (Å²) < 4.78 is 40.1. The van der Waals surface area contributed by atoms with E-state index in [-0.39, 0.29) is 23.5 Å². The fourth-order valence-electron chi connectivity index (χ4n) is 4.01. The lowest BCUT2D eigenvalue weighted by Crippen LogP contribution is -2.41. The maximum atomic E-state index is 13.4. The van der Waals surface area contributed by atoms with Crippen LogP contribution in [0, 0.1) is 6.92 Å². The fraction of sp³-hybridized carbons (Fsp3) is 0.348. The molecule has 2 heterocycles. The van der Waals surface area contributed by atoms with Gasteiger partial charge in [-0.1, -0.05) is 11.6 Å². The van der Waals surface area contributed by atoms with Crippen molar-refractivity contribution in [3.63, 3.8) is 0 Å². The highest BCUT2D eigenvalue weighted by Crippen LogP contribution is 2.35. The SMILES string of the molecule is Cc1ccc(C(=O)N[C@@H]2CCC[C@H](Nc3cc(C(F)(F)F)nc4ccc(Cl)cc34)C2)cn1. The summed E-state index contributed by atoms with van der Waals surface area (Å²) in [6, 6.07) is 8.95. The molecule has 32 heavy (non-hydrogen) atoms. The molecule has 1 aromatic carbocycles. The second-order valence-corrected chi connectivity index (χ2v) is 8.52. The van der Waals surface area contributed by atoms with Crippen molar-refractivity contribution in [2.45, 2.75) is 50.9 Å². The molecule has 0 bridgehead atoms. The number of carbonyl (C=O) groups is 1. The van der Waals surface area contributed by atoms with Crippen molar-refractivity contribution >= 4 is 34.1 Å². The summed E-state index contributed by atoms with van der Waals surface area (Å²) in [5.41, 5.74) is 0.910. The normalized spacial score (nSPS) is 19.0. The minimum atomic E-state index is -4.56. The van der Waals surface area contributed by atoms with Gasteiger partial charge in [0.25, 0.3) is 5.91 Å². The van der Waals surface area contributed by atoms with Gasteiger partial charge in [0.05, 0.1) is 11.1 Å². The number of fused-ring (bicyclic) bond motifs is 1. The van der Waals surface area contributed by atoms with Crippen LogP contribution < -0.4 is 10.6 Å². The Morgan fingerprint density at radius 3 is 2.62 bits per heavy atom. The van der Waals surface area contributed by atoms with E-state index in [0.29, 0.717) is 28.1 Å². The monoisotopic (exact) mass is 462 g/mol. The number of alkyl halides is 3. The Morgan fingerprint density at radius 1 is 1.12 bits per heavy atom. The van der Waals surface area contributed by atoms with Crippen molar-refractivity contribution in [1.29, 1.82) is 0 Å². The number of carbonyl (C=O) groups excluding carboxylic acids is 1. The minimum Gasteiger partial charge on any atom is -0.382 e. The predicted octanol–water partition coefficient (Wildman–Crippen LogP) is 5.76. The molecule has 9 heteroatoms. The zero-order chi connectivity index (χ0) is 22.9. The van der Waals surface area contributed by atoms with Gasteiger partial charge in [-0.2, -0.15) is 13.2 Å². The van der Waals surface area contributed by atoms with Crippen LogP contribution in [-0.2, 0) is 6.18 Å². The van der Waals surface area contributed by atoms with E-state index in [1.165, 1.54) is 18.3 Å². The lowest BCUT2D eigenvalue weighted by Gasteiger charge is -2.31. The molecule has 3 aromatic rings. The summed E-state index contributed by atoms with van der Waals surface area (Å²) in [7, 11) is 0. The van der Waals surface area contributed by atoms with Crippen molar-refractivity contribution < 1.29 is 18.0 Å². The van der Waals surface area contributed by atoms with Crippen LogP contribution in [0.2, 0.25) is 5.02 Å². The smallest absolute Gasteiger partial charge is 0.382 e. The van der Waals surface area contributed by atoms with E-state index < -0.39 is 11.9 Å². The lowest BCUT2D eigenvalue weighted by atomic mass is 9.90. The number of hydrogen-bond acceptors (Lipinski definition) is 4. The molecule has 0 spiro atoms. The molecule has 1 aliphatic carbocycles. The van der Waals surface area contributed by atoms with Crippen LogP contribution in [0.5, 0.6) is 0 Å². The molecule has 1 amide bonds. The highest BCUT2D eigenvalue weighted by Gasteiger charge is 2.34. The van der Waals surface area contributed by atoms with Gasteiger partial charge in [-0.25, -0.2) is 4.98 Å². The van der Waals surface area contributed by atoms with Gasteiger partial charge in [0.2, 0.25) is 0 Å². The van der Waals surface area contributed by atoms with Gasteiger partial charge in [0.15, 0.2) is 0 Å². The molecule has 1 aliphatic rings. The summed E-state index contributed by atoms with van der Waals surface area (Å²) >= 11 is 6.08. The Balaban J connectivity index is 1.52. The van der Waals surface area contributed by atoms with Crippen LogP contribution >= 0.6 is 11.6 Å². The Bertz CT molecular complexity index is 1130. The summed E-state index contributed by atoms with van der Waals surface area (Å²) in [4.78, 5) is 20.4. The Hall–Kier alpha value is -2.87. The van der Waals surface area contributed by atoms with E-state index in [9.17, 15) is 18.0 Å². The summed E-state index contributed by atoms with van der Waals surface area (Å²) in [5, 5.41) is 7.22. The van der Waals surface area contributed by atoms with Crippen LogP contribution in [0.15, 0.2) is 42.6 Å². The van der Waals surface area contributed by atoms with Crippen LogP contribution in [0.1, 0.15) is 47.4 Å². The number of hydrogen-bond donors (Lipinski definition) is 2. The van der Waals surface area contributed by atoms with Gasteiger partial charge in [-0.05, 0) is 69.0 Å². The number of aryl methyl sites for hydroxylation is 1. The molecule has 4 rings (SSSR count). The van der Waals surface area contributed by atoms with Gasteiger partial charge in [0.1, 0.15) is 5.69 Å². The first-order valence-corrected chi connectivity index (χ1v) is 10.7. The molecule has 0 unspecified atom stereocenters. The van der Waals surface area contributed by atoms with Gasteiger partial charge >= 0.3 is 6.18 Å². The average Bonchev–Trinajstić information content (AvgIpc) is 2.74. The van der Waals surface area contributed by atoms with Crippen LogP contribution in [0.4, 0.5) is 18.9 Å². The largest absolute Gasteiger partial charge is 0.433 e. The number of amides is 1. The predicted molar refractivity (Wildman–Crippen MR) is 118 cm³/mol. The maximum absolute atomic E-state index is 13.4. The van der Waals surface area contributed by atoms with E-state index in [1.807, 2.05) is 6.92 Å². The maximum Gasteiger partial charge on any atom is 0.433 e. The number of benzene rings is 1. The third-order valence-electron chi connectivity index (χ3n) is 5.60. The number of aromatic nitrogens is 2. The number of anilines is 1. The summed E-state index contributed by atoms with van der Waals surface area (Å²) in [6.45, 7) is 1.85. The van der Waals surface area contributed by atoms with Crippen molar-refractivity contribution in [2.24, 2.45) is 0 Å². The Labute approximate surface area is 188 Å². The lowest BCUT2D eigenvalue weighted by molar-refractivity contribution is -0.140. The third-order valence-corrected chi connectivity index (χ3v) is 5.84. The van der Waals surface area contributed by atoms with E-state index in [1.54, 1.807) is 18.2 Å². The molecular weight excluding hydrogens is 441 g/mol. The number of halogens is 4. The first-order valence-electron chi connectivity index (χ1n) is 10.4. The van der Waals surface area contributed by atoms with E-state index in [0.717, 1.165) is 31.0 Å². The molecule has 168 valence electrons. The van der Waals surface area contributed by atoms with E-state index in [2.05, 4.69) is 20.6 Å². The van der Waals surface area contributed by atoms with E-state index >= 15 is 0 Å². The zero-order valence-corrected chi connectivity index (χ0v) is 18.1. The molecule has 0 saturated heterocycles. The molecule has 2 N–H and O–H groups in total. The highest BCUT2D eigenvalue weighted by molar-refractivity contribution is 6.31. The van der Waals surface area contributed by atoms with Gasteiger partial charge in [0, 0.05) is 40.1 Å². The van der Waals surface area contributed by atoms with Crippen LogP contribution in [-0.4, -0.2) is 28.0 Å².